The van der Waals surface area contributed by atoms with Crippen LogP contribution in [0.1, 0.15) is 32.0 Å². The maximum atomic E-state index is 12.5. The van der Waals surface area contributed by atoms with Crippen LogP contribution >= 0.6 is 0 Å². The molecule has 156 valence electrons. The fraction of sp³-hybridized carbons (Fsp3) is 0.120. The van der Waals surface area contributed by atoms with E-state index in [9.17, 15) is 9.59 Å². The molecule has 0 aliphatic carbocycles. The van der Waals surface area contributed by atoms with Gasteiger partial charge < -0.3 is 19.2 Å². The van der Waals surface area contributed by atoms with Crippen molar-refractivity contribution in [2.45, 2.75) is 13.5 Å². The molecule has 31 heavy (non-hydrogen) atoms. The number of fused-ring (bicyclic) bond motifs is 1. The van der Waals surface area contributed by atoms with Crippen LogP contribution < -0.4 is 10.1 Å². The zero-order chi connectivity index (χ0) is 21.8. The molecule has 0 fully saturated rings. The first-order chi connectivity index (χ1) is 15.0. The number of methoxy groups -OCH3 is 1. The minimum atomic E-state index is -0.543. The van der Waals surface area contributed by atoms with E-state index in [-0.39, 0.29) is 18.3 Å². The summed E-state index contributed by atoms with van der Waals surface area (Å²) in [5.74, 6) is 0.108. The van der Waals surface area contributed by atoms with Gasteiger partial charge in [-0.2, -0.15) is 0 Å². The van der Waals surface area contributed by atoms with Gasteiger partial charge in [0.2, 0.25) is 5.76 Å². The summed E-state index contributed by atoms with van der Waals surface area (Å²) in [5, 5.41) is 3.64. The molecule has 1 N–H and O–H groups in total. The van der Waals surface area contributed by atoms with Crippen molar-refractivity contribution < 1.29 is 23.5 Å². The zero-order valence-corrected chi connectivity index (χ0v) is 17.2. The van der Waals surface area contributed by atoms with Crippen LogP contribution in [0.5, 0.6) is 5.75 Å². The van der Waals surface area contributed by atoms with Gasteiger partial charge in [-0.1, -0.05) is 30.3 Å². The highest BCUT2D eigenvalue weighted by molar-refractivity contribution is 6.04. The molecule has 0 saturated heterocycles. The fourth-order valence-electron chi connectivity index (χ4n) is 3.21. The Bertz CT molecular complexity index is 1230. The molecule has 1 aromatic heterocycles. The molecule has 0 unspecified atom stereocenters. The Balaban J connectivity index is 1.40. The van der Waals surface area contributed by atoms with Crippen LogP contribution in [0.25, 0.3) is 11.0 Å². The molecular formula is C25H21NO5. The van der Waals surface area contributed by atoms with E-state index in [2.05, 4.69) is 5.32 Å². The zero-order valence-electron chi connectivity index (χ0n) is 17.2. The molecule has 6 nitrogen and oxygen atoms in total. The third-order valence-corrected chi connectivity index (χ3v) is 4.95. The molecule has 0 aliphatic heterocycles. The molecular weight excluding hydrogens is 394 g/mol. The first-order valence-electron chi connectivity index (χ1n) is 9.75. The van der Waals surface area contributed by atoms with E-state index in [0.29, 0.717) is 22.5 Å². The summed E-state index contributed by atoms with van der Waals surface area (Å²) in [6.07, 6.45) is 0. The van der Waals surface area contributed by atoms with Crippen molar-refractivity contribution in [2.75, 3.05) is 12.4 Å². The van der Waals surface area contributed by atoms with Gasteiger partial charge in [-0.05, 0) is 55.0 Å². The number of hydrogen-bond donors (Lipinski definition) is 1. The number of rotatable bonds is 6. The number of esters is 1. The van der Waals surface area contributed by atoms with Gasteiger partial charge in [-0.25, -0.2) is 4.79 Å². The van der Waals surface area contributed by atoms with E-state index < -0.39 is 5.97 Å². The van der Waals surface area contributed by atoms with Gasteiger partial charge in [0.15, 0.2) is 0 Å². The largest absolute Gasteiger partial charge is 0.497 e. The lowest BCUT2D eigenvalue weighted by Gasteiger charge is -2.07. The summed E-state index contributed by atoms with van der Waals surface area (Å²) in [7, 11) is 1.59. The van der Waals surface area contributed by atoms with Gasteiger partial charge in [0.1, 0.15) is 17.9 Å². The van der Waals surface area contributed by atoms with Crippen molar-refractivity contribution in [1.82, 2.24) is 0 Å². The highest BCUT2D eigenvalue weighted by Gasteiger charge is 2.19. The molecule has 4 rings (SSSR count). The Kier molecular flexibility index (Phi) is 5.71. The van der Waals surface area contributed by atoms with Gasteiger partial charge in [0.25, 0.3) is 5.91 Å². The number of benzene rings is 3. The van der Waals surface area contributed by atoms with E-state index in [4.69, 9.17) is 13.9 Å². The van der Waals surface area contributed by atoms with E-state index >= 15 is 0 Å². The summed E-state index contributed by atoms with van der Waals surface area (Å²) in [6.45, 7) is 1.88. The van der Waals surface area contributed by atoms with Crippen molar-refractivity contribution in [1.29, 1.82) is 0 Å². The number of furan rings is 1. The van der Waals surface area contributed by atoms with Crippen LogP contribution in [-0.4, -0.2) is 19.0 Å². The van der Waals surface area contributed by atoms with Crippen molar-refractivity contribution in [3.63, 3.8) is 0 Å². The lowest BCUT2D eigenvalue weighted by atomic mass is 10.1. The van der Waals surface area contributed by atoms with Gasteiger partial charge in [0.05, 0.1) is 7.11 Å². The number of amides is 1. The van der Waals surface area contributed by atoms with Gasteiger partial charge in [0, 0.05) is 22.2 Å². The maximum absolute atomic E-state index is 12.5. The number of anilines is 1. The van der Waals surface area contributed by atoms with E-state index in [1.54, 1.807) is 43.5 Å². The predicted octanol–water partition coefficient (Wildman–Crippen LogP) is 5.36. The van der Waals surface area contributed by atoms with Crippen LogP contribution in [0.2, 0.25) is 0 Å². The number of carbonyl (C=O) groups excluding carboxylic acids is 2. The standard InChI is InChI=1S/C25H21NO5/c1-16-21-14-20(29-2)12-13-22(21)31-23(16)25(28)30-15-17-8-10-18(11-9-17)24(27)26-19-6-4-3-5-7-19/h3-14H,15H2,1-2H3,(H,26,27). The topological polar surface area (TPSA) is 77.8 Å². The number of aryl methyl sites for hydroxylation is 1. The SMILES string of the molecule is COc1ccc2oc(C(=O)OCc3ccc(C(=O)Nc4ccccc4)cc3)c(C)c2c1. The lowest BCUT2D eigenvalue weighted by molar-refractivity contribution is 0.0437. The maximum Gasteiger partial charge on any atom is 0.374 e. The van der Waals surface area contributed by atoms with Crippen LogP contribution in [-0.2, 0) is 11.3 Å². The van der Waals surface area contributed by atoms with Gasteiger partial charge in [-0.15, -0.1) is 0 Å². The number of carbonyl (C=O) groups is 2. The summed E-state index contributed by atoms with van der Waals surface area (Å²) in [6, 6.07) is 21.5. The third-order valence-electron chi connectivity index (χ3n) is 4.95. The second-order valence-corrected chi connectivity index (χ2v) is 7.01. The first-order valence-corrected chi connectivity index (χ1v) is 9.75. The summed E-state index contributed by atoms with van der Waals surface area (Å²) in [4.78, 5) is 24.9. The molecule has 1 amide bonds. The first kappa shape index (κ1) is 20.2. The second kappa shape index (κ2) is 8.75. The quantitative estimate of drug-likeness (QED) is 0.429. The monoisotopic (exact) mass is 415 g/mol. The highest BCUT2D eigenvalue weighted by atomic mass is 16.5. The molecule has 0 aliphatic rings. The van der Waals surface area contributed by atoms with Crippen molar-refractivity contribution >= 4 is 28.5 Å². The fourth-order valence-corrected chi connectivity index (χ4v) is 3.21. The molecule has 4 aromatic rings. The molecule has 0 saturated carbocycles. The summed E-state index contributed by atoms with van der Waals surface area (Å²) in [5.41, 5.74) is 3.30. The van der Waals surface area contributed by atoms with Crippen molar-refractivity contribution in [3.05, 3.63) is 95.2 Å². The molecule has 0 spiro atoms. The van der Waals surface area contributed by atoms with Crippen LogP contribution in [0.3, 0.4) is 0 Å². The van der Waals surface area contributed by atoms with Crippen molar-refractivity contribution in [2.24, 2.45) is 0 Å². The molecule has 1 heterocycles. The second-order valence-electron chi connectivity index (χ2n) is 7.01. The minimum Gasteiger partial charge on any atom is -0.497 e. The van der Waals surface area contributed by atoms with E-state index in [1.165, 1.54) is 0 Å². The number of nitrogens with one attached hydrogen (secondary N) is 1. The highest BCUT2D eigenvalue weighted by Crippen LogP contribution is 2.29. The number of hydrogen-bond acceptors (Lipinski definition) is 5. The average molecular weight is 415 g/mol. The van der Waals surface area contributed by atoms with Gasteiger partial charge in [-0.3, -0.25) is 4.79 Å². The Morgan fingerprint density at radius 3 is 2.42 bits per heavy atom. The van der Waals surface area contributed by atoms with Gasteiger partial charge >= 0.3 is 5.97 Å². The van der Waals surface area contributed by atoms with Crippen molar-refractivity contribution in [3.8, 4) is 5.75 Å². The Hall–Kier alpha value is -4.06. The molecule has 0 bridgehead atoms. The number of para-hydroxylation sites is 1. The van der Waals surface area contributed by atoms with Crippen LogP contribution in [0, 0.1) is 6.92 Å². The molecule has 6 heteroatoms. The Morgan fingerprint density at radius 1 is 0.968 bits per heavy atom. The van der Waals surface area contributed by atoms with E-state index in [0.717, 1.165) is 16.6 Å². The molecule has 0 radical (unpaired) electrons. The normalized spacial score (nSPS) is 10.6. The number of ether oxygens (including phenoxy) is 2. The lowest BCUT2D eigenvalue weighted by Crippen LogP contribution is -2.12. The minimum absolute atomic E-state index is 0.0687. The molecule has 0 atom stereocenters. The van der Waals surface area contributed by atoms with E-state index in [1.807, 2.05) is 43.3 Å². The molecule has 3 aromatic carbocycles. The average Bonchev–Trinajstić information content (AvgIpc) is 3.14. The Morgan fingerprint density at radius 2 is 1.71 bits per heavy atom. The third kappa shape index (κ3) is 4.43. The summed E-state index contributed by atoms with van der Waals surface area (Å²) >= 11 is 0. The smallest absolute Gasteiger partial charge is 0.374 e. The Labute approximate surface area is 179 Å². The van der Waals surface area contributed by atoms with Crippen LogP contribution in [0.4, 0.5) is 5.69 Å². The van der Waals surface area contributed by atoms with Crippen LogP contribution in [0.15, 0.2) is 77.2 Å². The predicted molar refractivity (Wildman–Crippen MR) is 117 cm³/mol. The summed E-state index contributed by atoms with van der Waals surface area (Å²) < 4.78 is 16.3.